The maximum Gasteiger partial charge on any atom is 0.243 e. The number of amides is 1. The number of benzene rings is 2. The molecular weight excluding hydrogens is 404 g/mol. The molecule has 27 heavy (non-hydrogen) atoms. The predicted octanol–water partition coefficient (Wildman–Crippen LogP) is 3.40. The maximum absolute atomic E-state index is 12.9. The number of nitrogens with zero attached hydrogens (tertiary/aromatic N) is 1. The first-order chi connectivity index (χ1) is 13.0. The summed E-state index contributed by atoms with van der Waals surface area (Å²) in [5, 5.41) is 3.34. The first kappa shape index (κ1) is 20.2. The van der Waals surface area contributed by atoms with E-state index in [1.54, 1.807) is 23.9 Å². The second-order valence-corrected chi connectivity index (χ2v) is 9.68. The van der Waals surface area contributed by atoms with Crippen LogP contribution >= 0.6 is 23.4 Å². The van der Waals surface area contributed by atoms with E-state index >= 15 is 0 Å². The van der Waals surface area contributed by atoms with Gasteiger partial charge >= 0.3 is 0 Å². The van der Waals surface area contributed by atoms with Crippen LogP contribution in [0.1, 0.15) is 12.8 Å². The fraction of sp³-hybridized carbons (Fsp3) is 0.316. The number of sulfonamides is 1. The van der Waals surface area contributed by atoms with E-state index in [2.05, 4.69) is 5.32 Å². The zero-order valence-electron chi connectivity index (χ0n) is 14.7. The lowest BCUT2D eigenvalue weighted by atomic mass is 10.2. The van der Waals surface area contributed by atoms with Crippen molar-refractivity contribution in [2.75, 3.05) is 18.8 Å². The molecule has 0 spiro atoms. The number of carbonyl (C=O) groups is 1. The van der Waals surface area contributed by atoms with Crippen molar-refractivity contribution in [2.24, 2.45) is 0 Å². The number of nitrogens with one attached hydrogen (secondary N) is 1. The SMILES string of the molecule is O=C(NCCSc1ccccc1)[C@H]1CCCN1S(=O)(=O)c1ccc(Cl)cc1. The molecule has 2 aromatic carbocycles. The molecule has 0 aromatic heterocycles. The van der Waals surface area contributed by atoms with Crippen molar-refractivity contribution in [3.05, 3.63) is 59.6 Å². The van der Waals surface area contributed by atoms with E-state index in [-0.39, 0.29) is 10.8 Å². The van der Waals surface area contributed by atoms with Crippen LogP contribution < -0.4 is 5.32 Å². The third kappa shape index (κ3) is 5.04. The highest BCUT2D eigenvalue weighted by atomic mass is 35.5. The number of hydrogen-bond donors (Lipinski definition) is 1. The average molecular weight is 425 g/mol. The van der Waals surface area contributed by atoms with Gasteiger partial charge in [0.2, 0.25) is 15.9 Å². The van der Waals surface area contributed by atoms with Crippen LogP contribution in [-0.2, 0) is 14.8 Å². The molecule has 0 radical (unpaired) electrons. The molecule has 144 valence electrons. The molecule has 0 aliphatic carbocycles. The quantitative estimate of drug-likeness (QED) is 0.546. The largest absolute Gasteiger partial charge is 0.354 e. The first-order valence-electron chi connectivity index (χ1n) is 8.71. The highest BCUT2D eigenvalue weighted by Gasteiger charge is 2.39. The van der Waals surface area contributed by atoms with Crippen LogP contribution in [0.2, 0.25) is 5.02 Å². The van der Waals surface area contributed by atoms with Crippen LogP contribution in [0.4, 0.5) is 0 Å². The van der Waals surface area contributed by atoms with E-state index in [1.165, 1.54) is 16.4 Å². The number of thioether (sulfide) groups is 1. The molecule has 1 heterocycles. The molecule has 5 nitrogen and oxygen atoms in total. The second-order valence-electron chi connectivity index (χ2n) is 6.18. The summed E-state index contributed by atoms with van der Waals surface area (Å²) in [4.78, 5) is 13.8. The summed E-state index contributed by atoms with van der Waals surface area (Å²) in [7, 11) is -3.71. The Hall–Kier alpha value is -1.54. The molecule has 1 amide bonds. The lowest BCUT2D eigenvalue weighted by Gasteiger charge is -2.23. The Labute approximate surface area is 169 Å². The molecular formula is C19H21ClN2O3S2. The summed E-state index contributed by atoms with van der Waals surface area (Å²) in [6.07, 6.45) is 1.20. The standard InChI is InChI=1S/C19H21ClN2O3S2/c20-15-8-10-17(11-9-15)27(24,25)22-13-4-7-18(22)19(23)21-12-14-26-16-5-2-1-3-6-16/h1-3,5-6,8-11,18H,4,7,12-14H2,(H,21,23)/t18-/m1/s1. The van der Waals surface area contributed by atoms with E-state index in [1.807, 2.05) is 30.3 Å². The third-order valence-electron chi connectivity index (χ3n) is 4.34. The summed E-state index contributed by atoms with van der Waals surface area (Å²) < 4.78 is 27.1. The summed E-state index contributed by atoms with van der Waals surface area (Å²) >= 11 is 7.49. The van der Waals surface area contributed by atoms with Crippen LogP contribution in [0.25, 0.3) is 0 Å². The van der Waals surface area contributed by atoms with Gasteiger partial charge in [0.25, 0.3) is 0 Å². The normalized spacial score (nSPS) is 17.7. The molecule has 1 saturated heterocycles. The van der Waals surface area contributed by atoms with Crippen molar-refractivity contribution in [3.63, 3.8) is 0 Å². The monoisotopic (exact) mass is 424 g/mol. The Morgan fingerprint density at radius 2 is 1.85 bits per heavy atom. The van der Waals surface area contributed by atoms with Gasteiger partial charge in [0.1, 0.15) is 6.04 Å². The number of rotatable bonds is 7. The van der Waals surface area contributed by atoms with Gasteiger partial charge in [-0.3, -0.25) is 4.79 Å². The Balaban J connectivity index is 1.58. The number of hydrogen-bond acceptors (Lipinski definition) is 4. The molecule has 8 heteroatoms. The lowest BCUT2D eigenvalue weighted by Crippen LogP contribution is -2.46. The summed E-state index contributed by atoms with van der Waals surface area (Å²) in [6.45, 7) is 0.839. The Morgan fingerprint density at radius 1 is 1.15 bits per heavy atom. The van der Waals surface area contributed by atoms with Crippen molar-refractivity contribution in [3.8, 4) is 0 Å². The van der Waals surface area contributed by atoms with E-state index in [0.717, 1.165) is 10.6 Å². The van der Waals surface area contributed by atoms with Gasteiger partial charge in [0, 0.05) is 28.8 Å². The molecule has 1 aliphatic rings. The third-order valence-corrected chi connectivity index (χ3v) is 7.53. The van der Waals surface area contributed by atoms with Gasteiger partial charge < -0.3 is 5.32 Å². The number of carbonyl (C=O) groups excluding carboxylic acids is 1. The van der Waals surface area contributed by atoms with Crippen molar-refractivity contribution >= 4 is 39.3 Å². The van der Waals surface area contributed by atoms with Crippen molar-refractivity contribution in [1.29, 1.82) is 0 Å². The van der Waals surface area contributed by atoms with Crippen LogP contribution in [0.3, 0.4) is 0 Å². The van der Waals surface area contributed by atoms with Crippen LogP contribution in [0.15, 0.2) is 64.4 Å². The lowest BCUT2D eigenvalue weighted by molar-refractivity contribution is -0.124. The zero-order chi connectivity index (χ0) is 19.3. The highest BCUT2D eigenvalue weighted by molar-refractivity contribution is 7.99. The summed E-state index contributed by atoms with van der Waals surface area (Å²) in [5.41, 5.74) is 0. The van der Waals surface area contributed by atoms with Crippen LogP contribution in [-0.4, -0.2) is 43.5 Å². The van der Waals surface area contributed by atoms with Crippen molar-refractivity contribution in [1.82, 2.24) is 9.62 Å². The average Bonchev–Trinajstić information content (AvgIpc) is 3.17. The molecule has 1 N–H and O–H groups in total. The summed E-state index contributed by atoms with van der Waals surface area (Å²) in [6, 6.07) is 15.3. The van der Waals surface area contributed by atoms with Gasteiger partial charge in [-0.15, -0.1) is 11.8 Å². The molecule has 3 rings (SSSR count). The van der Waals surface area contributed by atoms with Crippen molar-refractivity contribution < 1.29 is 13.2 Å². The fourth-order valence-electron chi connectivity index (χ4n) is 3.01. The molecule has 2 aromatic rings. The van der Waals surface area contributed by atoms with Crippen LogP contribution in [0, 0.1) is 0 Å². The van der Waals surface area contributed by atoms with Gasteiger partial charge in [0.05, 0.1) is 4.90 Å². The van der Waals surface area contributed by atoms with Gasteiger partial charge in [0.15, 0.2) is 0 Å². The predicted molar refractivity (Wildman–Crippen MR) is 109 cm³/mol. The molecule has 0 bridgehead atoms. The molecule has 1 atom stereocenters. The molecule has 1 aliphatic heterocycles. The first-order valence-corrected chi connectivity index (χ1v) is 11.5. The van der Waals surface area contributed by atoms with E-state index in [0.29, 0.717) is 31.0 Å². The number of halogens is 1. The van der Waals surface area contributed by atoms with Gasteiger partial charge in [-0.25, -0.2) is 8.42 Å². The second kappa shape index (κ2) is 9.10. The summed E-state index contributed by atoms with van der Waals surface area (Å²) in [5.74, 6) is 0.491. The minimum atomic E-state index is -3.71. The van der Waals surface area contributed by atoms with Gasteiger partial charge in [-0.1, -0.05) is 29.8 Å². The minimum Gasteiger partial charge on any atom is -0.354 e. The minimum absolute atomic E-state index is 0.159. The van der Waals surface area contributed by atoms with Gasteiger partial charge in [-0.2, -0.15) is 4.31 Å². The van der Waals surface area contributed by atoms with E-state index in [4.69, 9.17) is 11.6 Å². The topological polar surface area (TPSA) is 66.5 Å². The molecule has 0 saturated carbocycles. The molecule has 0 unspecified atom stereocenters. The van der Waals surface area contributed by atoms with Gasteiger partial charge in [-0.05, 0) is 49.2 Å². The fourth-order valence-corrected chi connectivity index (χ4v) is 5.58. The molecule has 1 fully saturated rings. The zero-order valence-corrected chi connectivity index (χ0v) is 17.1. The Morgan fingerprint density at radius 3 is 2.56 bits per heavy atom. The Kier molecular flexibility index (Phi) is 6.81. The van der Waals surface area contributed by atoms with Crippen molar-refractivity contribution in [2.45, 2.75) is 28.7 Å². The highest BCUT2D eigenvalue weighted by Crippen LogP contribution is 2.27. The van der Waals surface area contributed by atoms with Crippen LogP contribution in [0.5, 0.6) is 0 Å². The maximum atomic E-state index is 12.9. The van der Waals surface area contributed by atoms with E-state index < -0.39 is 16.1 Å². The van der Waals surface area contributed by atoms with E-state index in [9.17, 15) is 13.2 Å². The smallest absolute Gasteiger partial charge is 0.243 e. The Bertz CT molecular complexity index is 874.